The van der Waals surface area contributed by atoms with Gasteiger partial charge in [-0.3, -0.25) is 0 Å². The van der Waals surface area contributed by atoms with Crippen molar-refractivity contribution in [1.29, 1.82) is 0 Å². The molecular formula is C13H21FN2. The standard InChI is InChI=1S/C13H21FN2/c1-8(2)10-7-11(14)12(9(3)4)15-13(10)16(5)6/h7-9H,1-6H3. The fourth-order valence-corrected chi connectivity index (χ4v) is 1.70. The molecular weight excluding hydrogens is 203 g/mol. The maximum atomic E-state index is 13.8. The van der Waals surface area contributed by atoms with Gasteiger partial charge in [0.15, 0.2) is 0 Å². The predicted molar refractivity (Wildman–Crippen MR) is 66.7 cm³/mol. The minimum absolute atomic E-state index is 0.111. The molecule has 3 heteroatoms. The number of pyridine rings is 1. The molecule has 0 spiro atoms. The number of aromatic nitrogens is 1. The van der Waals surface area contributed by atoms with Crippen molar-refractivity contribution in [1.82, 2.24) is 4.98 Å². The first-order valence-corrected chi connectivity index (χ1v) is 5.72. The number of hydrogen-bond acceptors (Lipinski definition) is 2. The maximum absolute atomic E-state index is 13.8. The summed E-state index contributed by atoms with van der Waals surface area (Å²) in [6, 6.07) is 1.63. The van der Waals surface area contributed by atoms with E-state index in [1.807, 2.05) is 32.8 Å². The lowest BCUT2D eigenvalue weighted by Gasteiger charge is -2.21. The Morgan fingerprint density at radius 1 is 1.12 bits per heavy atom. The minimum Gasteiger partial charge on any atom is -0.362 e. The molecule has 1 aromatic rings. The Labute approximate surface area is 97.5 Å². The molecule has 0 fully saturated rings. The molecule has 0 amide bonds. The van der Waals surface area contributed by atoms with Gasteiger partial charge in [0.05, 0.1) is 5.69 Å². The van der Waals surface area contributed by atoms with Crippen LogP contribution in [0.3, 0.4) is 0 Å². The fraction of sp³-hybridized carbons (Fsp3) is 0.615. The molecule has 2 nitrogen and oxygen atoms in total. The topological polar surface area (TPSA) is 16.1 Å². The van der Waals surface area contributed by atoms with Crippen LogP contribution in [0.1, 0.15) is 50.8 Å². The van der Waals surface area contributed by atoms with Crippen molar-refractivity contribution in [2.24, 2.45) is 0 Å². The zero-order valence-corrected chi connectivity index (χ0v) is 11.0. The number of halogens is 1. The Morgan fingerprint density at radius 2 is 1.69 bits per heavy atom. The average molecular weight is 224 g/mol. The van der Waals surface area contributed by atoms with Gasteiger partial charge in [-0.1, -0.05) is 27.7 Å². The summed E-state index contributed by atoms with van der Waals surface area (Å²) in [6.07, 6.45) is 0. The molecule has 0 bridgehead atoms. The maximum Gasteiger partial charge on any atom is 0.145 e. The lowest BCUT2D eigenvalue weighted by atomic mass is 10.0. The molecule has 0 aromatic carbocycles. The van der Waals surface area contributed by atoms with Crippen molar-refractivity contribution in [3.63, 3.8) is 0 Å². The highest BCUT2D eigenvalue weighted by Gasteiger charge is 2.17. The van der Waals surface area contributed by atoms with E-state index in [0.717, 1.165) is 11.4 Å². The summed E-state index contributed by atoms with van der Waals surface area (Å²) >= 11 is 0. The molecule has 0 N–H and O–H groups in total. The summed E-state index contributed by atoms with van der Waals surface area (Å²) in [5.41, 5.74) is 1.51. The van der Waals surface area contributed by atoms with Crippen LogP contribution in [0.4, 0.5) is 10.2 Å². The van der Waals surface area contributed by atoms with Crippen LogP contribution in [0.15, 0.2) is 6.07 Å². The first-order chi connectivity index (χ1) is 7.34. The van der Waals surface area contributed by atoms with Gasteiger partial charge in [0.25, 0.3) is 0 Å². The first-order valence-electron chi connectivity index (χ1n) is 5.72. The van der Waals surface area contributed by atoms with Gasteiger partial charge in [-0.25, -0.2) is 9.37 Å². The van der Waals surface area contributed by atoms with Crippen LogP contribution in [0, 0.1) is 5.82 Å². The van der Waals surface area contributed by atoms with Gasteiger partial charge >= 0.3 is 0 Å². The monoisotopic (exact) mass is 224 g/mol. The zero-order valence-electron chi connectivity index (χ0n) is 11.0. The van der Waals surface area contributed by atoms with Gasteiger partial charge in [0.2, 0.25) is 0 Å². The molecule has 0 saturated heterocycles. The molecule has 16 heavy (non-hydrogen) atoms. The van der Waals surface area contributed by atoms with Crippen LogP contribution in [0.2, 0.25) is 0 Å². The van der Waals surface area contributed by atoms with Crippen molar-refractivity contribution in [3.8, 4) is 0 Å². The van der Waals surface area contributed by atoms with Crippen molar-refractivity contribution in [2.75, 3.05) is 19.0 Å². The van der Waals surface area contributed by atoms with Crippen LogP contribution in [0.25, 0.3) is 0 Å². The number of rotatable bonds is 3. The van der Waals surface area contributed by atoms with E-state index < -0.39 is 0 Å². The fourth-order valence-electron chi connectivity index (χ4n) is 1.70. The zero-order chi connectivity index (χ0) is 12.5. The smallest absolute Gasteiger partial charge is 0.145 e. The van der Waals surface area contributed by atoms with Crippen molar-refractivity contribution >= 4 is 5.82 Å². The van der Waals surface area contributed by atoms with E-state index in [0.29, 0.717) is 5.69 Å². The Balaban J connectivity index is 3.37. The molecule has 0 unspecified atom stereocenters. The highest BCUT2D eigenvalue weighted by Crippen LogP contribution is 2.28. The second-order valence-electron chi connectivity index (χ2n) is 4.97. The summed E-state index contributed by atoms with van der Waals surface area (Å²) in [5.74, 6) is 1.07. The molecule has 0 aliphatic heterocycles. The third-order valence-electron chi connectivity index (χ3n) is 2.60. The molecule has 0 saturated carbocycles. The summed E-state index contributed by atoms with van der Waals surface area (Å²) < 4.78 is 13.8. The minimum atomic E-state index is -0.190. The van der Waals surface area contributed by atoms with Crippen LogP contribution >= 0.6 is 0 Å². The van der Waals surface area contributed by atoms with Gasteiger partial charge in [0, 0.05) is 19.7 Å². The lowest BCUT2D eigenvalue weighted by Crippen LogP contribution is -2.16. The largest absolute Gasteiger partial charge is 0.362 e. The molecule has 0 atom stereocenters. The Hall–Kier alpha value is -1.12. The van der Waals surface area contributed by atoms with E-state index in [1.54, 1.807) is 6.07 Å². The van der Waals surface area contributed by atoms with Gasteiger partial charge in [0.1, 0.15) is 11.6 Å². The summed E-state index contributed by atoms with van der Waals surface area (Å²) in [7, 11) is 3.88. The Bertz CT molecular complexity index is 370. The van der Waals surface area contributed by atoms with Crippen LogP contribution in [-0.2, 0) is 0 Å². The SMILES string of the molecule is CC(C)c1cc(F)c(C(C)C)nc1N(C)C. The molecule has 0 aliphatic carbocycles. The normalized spacial score (nSPS) is 11.3. The van der Waals surface area contributed by atoms with Crippen LogP contribution < -0.4 is 4.90 Å². The Kier molecular flexibility index (Phi) is 3.89. The van der Waals surface area contributed by atoms with Gasteiger partial charge in [-0.05, 0) is 17.9 Å². The number of hydrogen-bond donors (Lipinski definition) is 0. The molecule has 0 radical (unpaired) electrons. The van der Waals surface area contributed by atoms with Crippen molar-refractivity contribution in [2.45, 2.75) is 39.5 Å². The second-order valence-corrected chi connectivity index (χ2v) is 4.97. The van der Waals surface area contributed by atoms with E-state index >= 15 is 0 Å². The van der Waals surface area contributed by atoms with E-state index in [4.69, 9.17) is 0 Å². The predicted octanol–water partition coefficient (Wildman–Crippen LogP) is 3.53. The average Bonchev–Trinajstić information content (AvgIpc) is 2.15. The molecule has 1 aromatic heterocycles. The third kappa shape index (κ3) is 2.52. The summed E-state index contributed by atoms with van der Waals surface area (Å²) in [6.45, 7) is 8.02. The van der Waals surface area contributed by atoms with Gasteiger partial charge in [-0.15, -0.1) is 0 Å². The molecule has 1 rings (SSSR count). The number of anilines is 1. The highest BCUT2D eigenvalue weighted by molar-refractivity contribution is 5.48. The molecule has 90 valence electrons. The Morgan fingerprint density at radius 3 is 2.06 bits per heavy atom. The lowest BCUT2D eigenvalue weighted by molar-refractivity contribution is 0.579. The molecule has 1 heterocycles. The van der Waals surface area contributed by atoms with Crippen molar-refractivity contribution in [3.05, 3.63) is 23.1 Å². The van der Waals surface area contributed by atoms with Gasteiger partial charge < -0.3 is 4.90 Å². The van der Waals surface area contributed by atoms with Crippen LogP contribution in [0.5, 0.6) is 0 Å². The van der Waals surface area contributed by atoms with Crippen molar-refractivity contribution < 1.29 is 4.39 Å². The van der Waals surface area contributed by atoms with Gasteiger partial charge in [-0.2, -0.15) is 0 Å². The van der Waals surface area contributed by atoms with E-state index in [-0.39, 0.29) is 17.7 Å². The molecule has 0 aliphatic rings. The first kappa shape index (κ1) is 12.9. The van der Waals surface area contributed by atoms with E-state index in [2.05, 4.69) is 18.8 Å². The van der Waals surface area contributed by atoms with E-state index in [1.165, 1.54) is 0 Å². The third-order valence-corrected chi connectivity index (χ3v) is 2.60. The quantitative estimate of drug-likeness (QED) is 0.780. The van der Waals surface area contributed by atoms with E-state index in [9.17, 15) is 4.39 Å². The highest BCUT2D eigenvalue weighted by atomic mass is 19.1. The summed E-state index contributed by atoms with van der Waals surface area (Å²) in [4.78, 5) is 6.39. The van der Waals surface area contributed by atoms with Crippen LogP contribution in [-0.4, -0.2) is 19.1 Å². The second kappa shape index (κ2) is 4.81. The number of nitrogens with zero attached hydrogens (tertiary/aromatic N) is 2. The summed E-state index contributed by atoms with van der Waals surface area (Å²) in [5, 5.41) is 0.